The Bertz CT molecular complexity index is 2060. The van der Waals surface area contributed by atoms with Crippen molar-refractivity contribution in [2.75, 3.05) is 0 Å². The van der Waals surface area contributed by atoms with Gasteiger partial charge in [0, 0.05) is 24.9 Å². The molecular formula is C42H32N4O4Zn2. The molecule has 0 saturated carbocycles. The van der Waals surface area contributed by atoms with Crippen LogP contribution < -0.4 is 20.4 Å². The molecule has 0 saturated heterocycles. The van der Waals surface area contributed by atoms with Crippen LogP contribution in [0.25, 0.3) is 0 Å². The standard InChI is InChI=1S/2C21H18N2O2.2Zn/c2*1-15-10-11-18(22-13-16-6-2-4-8-20(16)24)12-19(15)23-14-17-7-3-5-9-21(17)25;;/h2*2-14,24-25H,1H3;;/q;;2*+2/p-4. The second-order valence-corrected chi connectivity index (χ2v) is 11.1. The fourth-order valence-corrected chi connectivity index (χ4v) is 4.55. The number of benzene rings is 6. The number of aliphatic imine (C=N–C) groups is 4. The first-order valence-corrected chi connectivity index (χ1v) is 15.7. The first-order chi connectivity index (χ1) is 24.3. The van der Waals surface area contributed by atoms with Gasteiger partial charge >= 0.3 is 39.0 Å². The van der Waals surface area contributed by atoms with Crippen molar-refractivity contribution in [3.8, 4) is 23.0 Å². The van der Waals surface area contributed by atoms with Crippen LogP contribution in [0.5, 0.6) is 23.0 Å². The third kappa shape index (κ3) is 11.8. The predicted molar refractivity (Wildman–Crippen MR) is 195 cm³/mol. The Kier molecular flexibility index (Phi) is 16.0. The fraction of sp³-hybridized carbons (Fsp3) is 0.0476. The van der Waals surface area contributed by atoms with E-state index in [1.165, 1.54) is 24.3 Å². The summed E-state index contributed by atoms with van der Waals surface area (Å²) in [6.45, 7) is 3.88. The normalized spacial score (nSPS) is 11.0. The van der Waals surface area contributed by atoms with Crippen LogP contribution in [0.2, 0.25) is 0 Å². The molecule has 0 bridgehead atoms. The number of aryl methyl sites for hydroxylation is 2. The van der Waals surface area contributed by atoms with Crippen molar-refractivity contribution in [2.45, 2.75) is 13.8 Å². The average Bonchev–Trinajstić information content (AvgIpc) is 3.12. The van der Waals surface area contributed by atoms with Crippen LogP contribution in [-0.2, 0) is 39.0 Å². The quantitative estimate of drug-likeness (QED) is 0.118. The van der Waals surface area contributed by atoms with Gasteiger partial charge in [-0.25, -0.2) is 0 Å². The zero-order valence-electron chi connectivity index (χ0n) is 28.8. The van der Waals surface area contributed by atoms with Crippen molar-refractivity contribution < 1.29 is 59.4 Å². The maximum Gasteiger partial charge on any atom is 2.00 e. The molecule has 6 aromatic rings. The zero-order valence-corrected chi connectivity index (χ0v) is 34.8. The second-order valence-electron chi connectivity index (χ2n) is 11.1. The van der Waals surface area contributed by atoms with Crippen LogP contribution in [0.1, 0.15) is 33.4 Å². The van der Waals surface area contributed by atoms with Crippen molar-refractivity contribution in [3.05, 3.63) is 167 Å². The van der Waals surface area contributed by atoms with Crippen LogP contribution >= 0.6 is 0 Å². The Morgan fingerprint density at radius 1 is 0.365 bits per heavy atom. The van der Waals surface area contributed by atoms with E-state index >= 15 is 0 Å². The van der Waals surface area contributed by atoms with Gasteiger partial charge in [0.05, 0.1) is 22.7 Å². The maximum absolute atomic E-state index is 11.7. The molecule has 0 fully saturated rings. The van der Waals surface area contributed by atoms with Gasteiger partial charge in [0.15, 0.2) is 0 Å². The largest absolute Gasteiger partial charge is 2.00 e. The van der Waals surface area contributed by atoms with E-state index in [1.807, 2.05) is 50.2 Å². The van der Waals surface area contributed by atoms with E-state index in [9.17, 15) is 20.4 Å². The van der Waals surface area contributed by atoms with Crippen molar-refractivity contribution in [3.63, 3.8) is 0 Å². The Labute approximate surface area is 328 Å². The first kappa shape index (κ1) is 40.9. The minimum Gasteiger partial charge on any atom is -0.872 e. The van der Waals surface area contributed by atoms with Gasteiger partial charge in [-0.15, -0.1) is 23.0 Å². The van der Waals surface area contributed by atoms with Crippen molar-refractivity contribution in [2.24, 2.45) is 20.0 Å². The summed E-state index contributed by atoms with van der Waals surface area (Å²) in [5, 5.41) is 46.9. The summed E-state index contributed by atoms with van der Waals surface area (Å²) >= 11 is 0. The fourth-order valence-electron chi connectivity index (χ4n) is 4.55. The van der Waals surface area contributed by atoms with Crippen LogP contribution in [0.15, 0.2) is 153 Å². The summed E-state index contributed by atoms with van der Waals surface area (Å²) in [6.07, 6.45) is 6.22. The third-order valence-corrected chi connectivity index (χ3v) is 7.45. The number of hydrogen-bond acceptors (Lipinski definition) is 8. The van der Waals surface area contributed by atoms with Gasteiger partial charge in [0.25, 0.3) is 0 Å². The summed E-state index contributed by atoms with van der Waals surface area (Å²) < 4.78 is 0. The van der Waals surface area contributed by atoms with Gasteiger partial charge in [0.2, 0.25) is 0 Å². The molecule has 0 heterocycles. The van der Waals surface area contributed by atoms with Crippen LogP contribution in [0.3, 0.4) is 0 Å². The molecule has 0 aliphatic heterocycles. The van der Waals surface area contributed by atoms with E-state index in [4.69, 9.17) is 0 Å². The molecule has 0 N–H and O–H groups in total. The molecular weight excluding hydrogens is 755 g/mol. The molecule has 0 spiro atoms. The van der Waals surface area contributed by atoms with Crippen LogP contribution in [0, 0.1) is 13.8 Å². The number of hydrogen-bond donors (Lipinski definition) is 0. The molecule has 0 aromatic heterocycles. The van der Waals surface area contributed by atoms with E-state index in [1.54, 1.807) is 97.7 Å². The molecule has 52 heavy (non-hydrogen) atoms. The van der Waals surface area contributed by atoms with E-state index < -0.39 is 0 Å². The van der Waals surface area contributed by atoms with E-state index in [0.717, 1.165) is 22.5 Å². The predicted octanol–water partition coefficient (Wildman–Crippen LogP) is 7.28. The molecule has 6 rings (SSSR count). The number of nitrogens with zero attached hydrogens (tertiary/aromatic N) is 4. The Morgan fingerprint density at radius 3 is 0.923 bits per heavy atom. The van der Waals surface area contributed by atoms with Gasteiger partial charge < -0.3 is 20.4 Å². The second kappa shape index (κ2) is 20.3. The summed E-state index contributed by atoms with van der Waals surface area (Å²) in [7, 11) is 0. The van der Waals surface area contributed by atoms with Crippen molar-refractivity contribution in [1.82, 2.24) is 0 Å². The first-order valence-electron chi connectivity index (χ1n) is 15.7. The van der Waals surface area contributed by atoms with Crippen molar-refractivity contribution >= 4 is 47.6 Å². The van der Waals surface area contributed by atoms with E-state index in [2.05, 4.69) is 20.0 Å². The Balaban J connectivity index is 0.000000270. The molecule has 0 aliphatic carbocycles. The molecule has 10 heteroatoms. The monoisotopic (exact) mass is 784 g/mol. The summed E-state index contributed by atoms with van der Waals surface area (Å²) in [5.41, 5.74) is 6.94. The van der Waals surface area contributed by atoms with Crippen molar-refractivity contribution in [1.29, 1.82) is 0 Å². The SMILES string of the molecule is Cc1ccc(N=Cc2ccccc2[O-])cc1N=Cc1ccccc1[O-].Cc1ccc(N=Cc2ccccc2[O-])cc1N=Cc1ccccc1[O-].[Zn+2].[Zn+2]. The molecule has 0 aliphatic rings. The summed E-state index contributed by atoms with van der Waals surface area (Å²) in [4.78, 5) is 17.5. The zero-order chi connectivity index (χ0) is 35.3. The van der Waals surface area contributed by atoms with Crippen LogP contribution in [0.4, 0.5) is 22.7 Å². The topological polar surface area (TPSA) is 142 Å². The Hall–Kier alpha value is -5.55. The number of rotatable bonds is 8. The minimum atomic E-state index is -0.0661. The van der Waals surface area contributed by atoms with Gasteiger partial charge in [-0.3, -0.25) is 20.0 Å². The molecule has 0 atom stereocenters. The molecule has 248 valence electrons. The maximum atomic E-state index is 11.7. The molecule has 6 aromatic carbocycles. The molecule has 8 nitrogen and oxygen atoms in total. The molecule has 0 unspecified atom stereocenters. The summed E-state index contributed by atoms with van der Waals surface area (Å²) in [5.74, 6) is -0.261. The molecule has 0 radical (unpaired) electrons. The van der Waals surface area contributed by atoms with Crippen LogP contribution in [-0.4, -0.2) is 24.9 Å². The minimum absolute atomic E-state index is 0. The summed E-state index contributed by atoms with van der Waals surface area (Å²) in [6, 6.07) is 38.1. The Morgan fingerprint density at radius 2 is 0.635 bits per heavy atom. The average molecular weight is 788 g/mol. The van der Waals surface area contributed by atoms with Gasteiger partial charge in [-0.1, -0.05) is 109 Å². The van der Waals surface area contributed by atoms with Gasteiger partial charge in [0.1, 0.15) is 0 Å². The van der Waals surface area contributed by atoms with Gasteiger partial charge in [-0.2, -0.15) is 0 Å². The third-order valence-electron chi connectivity index (χ3n) is 7.45. The van der Waals surface area contributed by atoms with E-state index in [0.29, 0.717) is 33.6 Å². The van der Waals surface area contributed by atoms with E-state index in [-0.39, 0.29) is 62.0 Å². The van der Waals surface area contributed by atoms with Gasteiger partial charge in [-0.05, 0) is 71.5 Å². The number of para-hydroxylation sites is 4. The molecule has 0 amide bonds. The smallest absolute Gasteiger partial charge is 0.872 e.